The summed E-state index contributed by atoms with van der Waals surface area (Å²) in [5, 5.41) is 3.63. The molecule has 0 saturated carbocycles. The molecule has 0 saturated heterocycles. The van der Waals surface area contributed by atoms with Crippen molar-refractivity contribution < 1.29 is 9.21 Å². The predicted octanol–water partition coefficient (Wildman–Crippen LogP) is 4.05. The standard InChI is InChI=1S/C16H18ClNO2/c1-11-6-8-15(20-11)12(2)18-16(19)9-7-13-4-3-5-14(17)10-13/h3-6,8,10,12H,7,9H2,1-2H3,(H,18,19). The smallest absolute Gasteiger partial charge is 0.220 e. The molecule has 1 amide bonds. The summed E-state index contributed by atoms with van der Waals surface area (Å²) in [6, 6.07) is 11.2. The van der Waals surface area contributed by atoms with Crippen LogP contribution >= 0.6 is 11.6 Å². The van der Waals surface area contributed by atoms with Gasteiger partial charge in [-0.25, -0.2) is 0 Å². The van der Waals surface area contributed by atoms with Gasteiger partial charge in [-0.05, 0) is 50.1 Å². The van der Waals surface area contributed by atoms with Gasteiger partial charge in [0.05, 0.1) is 6.04 Å². The minimum atomic E-state index is -0.115. The molecule has 0 aliphatic heterocycles. The summed E-state index contributed by atoms with van der Waals surface area (Å²) in [6.07, 6.45) is 1.11. The summed E-state index contributed by atoms with van der Waals surface area (Å²) in [5.74, 6) is 1.63. The molecular formula is C16H18ClNO2. The predicted molar refractivity (Wildman–Crippen MR) is 79.8 cm³/mol. The molecule has 4 heteroatoms. The molecule has 0 fully saturated rings. The van der Waals surface area contributed by atoms with E-state index in [0.29, 0.717) is 17.9 Å². The first kappa shape index (κ1) is 14.7. The van der Waals surface area contributed by atoms with Gasteiger partial charge in [-0.2, -0.15) is 0 Å². The number of rotatable bonds is 5. The lowest BCUT2D eigenvalue weighted by molar-refractivity contribution is -0.121. The molecule has 1 aromatic carbocycles. The van der Waals surface area contributed by atoms with Crippen LogP contribution in [0, 0.1) is 6.92 Å². The molecule has 1 atom stereocenters. The Hall–Kier alpha value is -1.74. The zero-order valence-corrected chi connectivity index (χ0v) is 12.4. The summed E-state index contributed by atoms with van der Waals surface area (Å²) in [7, 11) is 0. The maximum atomic E-state index is 11.9. The molecule has 3 nitrogen and oxygen atoms in total. The Morgan fingerprint density at radius 2 is 2.15 bits per heavy atom. The number of nitrogens with one attached hydrogen (secondary N) is 1. The zero-order valence-electron chi connectivity index (χ0n) is 11.7. The lowest BCUT2D eigenvalue weighted by Crippen LogP contribution is -2.26. The molecular weight excluding hydrogens is 274 g/mol. The minimum absolute atomic E-state index is 0.00604. The Balaban J connectivity index is 1.83. The van der Waals surface area contributed by atoms with E-state index in [-0.39, 0.29) is 11.9 Å². The molecule has 0 aliphatic carbocycles. The van der Waals surface area contributed by atoms with E-state index in [2.05, 4.69) is 5.32 Å². The Morgan fingerprint density at radius 1 is 1.35 bits per heavy atom. The van der Waals surface area contributed by atoms with Crippen LogP contribution in [0.15, 0.2) is 40.8 Å². The fourth-order valence-corrected chi connectivity index (χ4v) is 2.23. The Labute approximate surface area is 123 Å². The molecule has 0 aliphatic rings. The second-order valence-electron chi connectivity index (χ2n) is 4.87. The largest absolute Gasteiger partial charge is 0.464 e. The van der Waals surface area contributed by atoms with Crippen molar-refractivity contribution >= 4 is 17.5 Å². The van der Waals surface area contributed by atoms with Crippen molar-refractivity contribution in [3.63, 3.8) is 0 Å². The SMILES string of the molecule is Cc1ccc(C(C)NC(=O)CCc2cccc(Cl)c2)o1. The van der Waals surface area contributed by atoms with Crippen molar-refractivity contribution in [1.29, 1.82) is 0 Å². The van der Waals surface area contributed by atoms with Crippen LogP contribution in [0.3, 0.4) is 0 Å². The Bertz CT molecular complexity index is 592. The number of hydrogen-bond acceptors (Lipinski definition) is 2. The van der Waals surface area contributed by atoms with E-state index >= 15 is 0 Å². The van der Waals surface area contributed by atoms with E-state index in [1.54, 1.807) is 0 Å². The summed E-state index contributed by atoms with van der Waals surface area (Å²) < 4.78 is 5.49. The van der Waals surface area contributed by atoms with Gasteiger partial charge >= 0.3 is 0 Å². The van der Waals surface area contributed by atoms with E-state index < -0.39 is 0 Å². The Kier molecular flexibility index (Phi) is 4.85. The second-order valence-corrected chi connectivity index (χ2v) is 5.30. The molecule has 20 heavy (non-hydrogen) atoms. The third kappa shape index (κ3) is 4.14. The lowest BCUT2D eigenvalue weighted by atomic mass is 10.1. The summed E-state index contributed by atoms with van der Waals surface area (Å²) in [4.78, 5) is 11.9. The monoisotopic (exact) mass is 291 g/mol. The van der Waals surface area contributed by atoms with Gasteiger partial charge in [0.15, 0.2) is 0 Å². The van der Waals surface area contributed by atoms with Crippen molar-refractivity contribution in [3.05, 3.63) is 58.5 Å². The van der Waals surface area contributed by atoms with E-state index in [0.717, 1.165) is 17.1 Å². The number of carbonyl (C=O) groups is 1. The van der Waals surface area contributed by atoms with Gasteiger partial charge in [-0.3, -0.25) is 4.79 Å². The third-order valence-electron chi connectivity index (χ3n) is 3.10. The number of benzene rings is 1. The van der Waals surface area contributed by atoms with Gasteiger partial charge in [-0.1, -0.05) is 23.7 Å². The third-order valence-corrected chi connectivity index (χ3v) is 3.33. The molecule has 1 aromatic heterocycles. The fraction of sp³-hybridized carbons (Fsp3) is 0.312. The molecule has 0 bridgehead atoms. The van der Waals surface area contributed by atoms with E-state index in [1.165, 1.54) is 0 Å². The quantitative estimate of drug-likeness (QED) is 0.903. The highest BCUT2D eigenvalue weighted by molar-refractivity contribution is 6.30. The van der Waals surface area contributed by atoms with Gasteiger partial charge in [0, 0.05) is 11.4 Å². The van der Waals surface area contributed by atoms with E-state index in [1.807, 2.05) is 50.2 Å². The zero-order chi connectivity index (χ0) is 14.5. The summed E-state index contributed by atoms with van der Waals surface area (Å²) in [6.45, 7) is 3.80. The van der Waals surface area contributed by atoms with E-state index in [4.69, 9.17) is 16.0 Å². The van der Waals surface area contributed by atoms with Gasteiger partial charge in [0.2, 0.25) is 5.91 Å². The number of carbonyl (C=O) groups excluding carboxylic acids is 1. The fourth-order valence-electron chi connectivity index (χ4n) is 2.02. The number of furan rings is 1. The highest BCUT2D eigenvalue weighted by Crippen LogP contribution is 2.16. The van der Waals surface area contributed by atoms with Crippen LogP contribution < -0.4 is 5.32 Å². The normalized spacial score (nSPS) is 12.2. The number of hydrogen-bond donors (Lipinski definition) is 1. The number of halogens is 1. The van der Waals surface area contributed by atoms with Gasteiger partial charge < -0.3 is 9.73 Å². The van der Waals surface area contributed by atoms with Crippen molar-refractivity contribution in [3.8, 4) is 0 Å². The molecule has 2 rings (SSSR count). The van der Waals surface area contributed by atoms with Crippen molar-refractivity contribution in [2.45, 2.75) is 32.7 Å². The number of aryl methyl sites for hydroxylation is 2. The number of amides is 1. The first-order valence-electron chi connectivity index (χ1n) is 6.65. The highest BCUT2D eigenvalue weighted by Gasteiger charge is 2.12. The molecule has 2 aromatic rings. The summed E-state index contributed by atoms with van der Waals surface area (Å²) >= 11 is 5.91. The van der Waals surface area contributed by atoms with Gasteiger partial charge in [0.25, 0.3) is 0 Å². The first-order valence-corrected chi connectivity index (χ1v) is 7.02. The van der Waals surface area contributed by atoms with Crippen LogP contribution in [-0.2, 0) is 11.2 Å². The van der Waals surface area contributed by atoms with Crippen LogP contribution in [0.5, 0.6) is 0 Å². The van der Waals surface area contributed by atoms with Crippen molar-refractivity contribution in [1.82, 2.24) is 5.32 Å². The van der Waals surface area contributed by atoms with Crippen LogP contribution in [-0.4, -0.2) is 5.91 Å². The van der Waals surface area contributed by atoms with Crippen LogP contribution in [0.2, 0.25) is 5.02 Å². The van der Waals surface area contributed by atoms with Crippen LogP contribution in [0.4, 0.5) is 0 Å². The second kappa shape index (κ2) is 6.62. The molecule has 0 radical (unpaired) electrons. The highest BCUT2D eigenvalue weighted by atomic mass is 35.5. The minimum Gasteiger partial charge on any atom is -0.464 e. The van der Waals surface area contributed by atoms with Crippen molar-refractivity contribution in [2.24, 2.45) is 0 Å². The van der Waals surface area contributed by atoms with Crippen molar-refractivity contribution in [2.75, 3.05) is 0 Å². The topological polar surface area (TPSA) is 42.2 Å². The van der Waals surface area contributed by atoms with Gasteiger partial charge in [0.1, 0.15) is 11.5 Å². The van der Waals surface area contributed by atoms with E-state index in [9.17, 15) is 4.79 Å². The van der Waals surface area contributed by atoms with Gasteiger partial charge in [-0.15, -0.1) is 0 Å². The van der Waals surface area contributed by atoms with Crippen LogP contribution in [0.1, 0.15) is 36.5 Å². The van der Waals surface area contributed by atoms with Crippen LogP contribution in [0.25, 0.3) is 0 Å². The molecule has 1 N–H and O–H groups in total. The maximum absolute atomic E-state index is 11.9. The Morgan fingerprint density at radius 3 is 2.80 bits per heavy atom. The summed E-state index contributed by atoms with van der Waals surface area (Å²) in [5.41, 5.74) is 1.06. The first-order chi connectivity index (χ1) is 9.54. The average molecular weight is 292 g/mol. The average Bonchev–Trinajstić information content (AvgIpc) is 2.83. The molecule has 1 heterocycles. The maximum Gasteiger partial charge on any atom is 0.220 e. The molecule has 106 valence electrons. The molecule has 0 spiro atoms. The molecule has 1 unspecified atom stereocenters. The lowest BCUT2D eigenvalue weighted by Gasteiger charge is -2.11.